The van der Waals surface area contributed by atoms with Crippen LogP contribution in [-0.2, 0) is 0 Å². The van der Waals surface area contributed by atoms with Crippen LogP contribution in [0.2, 0.25) is 0 Å². The zero-order chi connectivity index (χ0) is 9.42. The second-order valence-electron chi connectivity index (χ2n) is 2.52. The third-order valence-corrected chi connectivity index (χ3v) is 2.03. The molecule has 1 aromatic carbocycles. The van der Waals surface area contributed by atoms with Gasteiger partial charge >= 0.3 is 0 Å². The van der Waals surface area contributed by atoms with Gasteiger partial charge in [-0.25, -0.2) is 3.71 Å². The average Bonchev–Trinajstić information content (AvgIpc) is 2.42. The van der Waals surface area contributed by atoms with Crippen LogP contribution in [-0.4, -0.2) is 13.7 Å². The topological polar surface area (TPSA) is 61.0 Å². The van der Waals surface area contributed by atoms with Crippen molar-refractivity contribution < 1.29 is 4.92 Å². The highest BCUT2D eigenvalue weighted by Gasteiger charge is 2.07. The van der Waals surface area contributed by atoms with Gasteiger partial charge in [0.1, 0.15) is 0 Å². The van der Waals surface area contributed by atoms with Crippen LogP contribution in [0.3, 0.4) is 0 Å². The molecule has 2 rings (SSSR count). The van der Waals surface area contributed by atoms with E-state index in [0.29, 0.717) is 0 Å². The first-order chi connectivity index (χ1) is 6.16. The van der Waals surface area contributed by atoms with Crippen molar-refractivity contribution in [3.63, 3.8) is 0 Å². The molecule has 1 heterocycles. The molecule has 0 amide bonds. The molecule has 0 aliphatic rings. The lowest BCUT2D eigenvalue weighted by molar-refractivity contribution is -0.384. The van der Waals surface area contributed by atoms with Gasteiger partial charge in [-0.3, -0.25) is 10.1 Å². The Morgan fingerprint density at radius 3 is 3.00 bits per heavy atom. The van der Waals surface area contributed by atoms with Crippen LogP contribution >= 0.6 is 16.1 Å². The predicted octanol–water partition coefficient (Wildman–Crippen LogP) is 2.10. The summed E-state index contributed by atoms with van der Waals surface area (Å²) in [7, 11) is 0. The smallest absolute Gasteiger partial charge is 0.258 e. The van der Waals surface area contributed by atoms with E-state index in [0.717, 1.165) is 10.9 Å². The van der Waals surface area contributed by atoms with Crippen molar-refractivity contribution in [2.75, 3.05) is 0 Å². The monoisotopic (exact) mass is 241 g/mol. The summed E-state index contributed by atoms with van der Waals surface area (Å²) >= 11 is 3.12. The number of hydrogen-bond donors (Lipinski definition) is 0. The van der Waals surface area contributed by atoms with Gasteiger partial charge in [-0.15, -0.1) is 0 Å². The van der Waals surface area contributed by atoms with Crippen LogP contribution in [0.25, 0.3) is 10.9 Å². The van der Waals surface area contributed by atoms with Crippen LogP contribution < -0.4 is 0 Å². The SMILES string of the molecule is O=[N+]([O-])c1ccc2nn(Br)cc2c1. The first kappa shape index (κ1) is 8.18. The van der Waals surface area contributed by atoms with Crippen molar-refractivity contribution in [1.82, 2.24) is 8.81 Å². The number of nitrogens with zero attached hydrogens (tertiary/aromatic N) is 3. The van der Waals surface area contributed by atoms with Crippen molar-refractivity contribution in [2.45, 2.75) is 0 Å². The minimum Gasteiger partial charge on any atom is -0.258 e. The summed E-state index contributed by atoms with van der Waals surface area (Å²) in [6, 6.07) is 4.54. The fourth-order valence-corrected chi connectivity index (χ4v) is 1.49. The van der Waals surface area contributed by atoms with Crippen molar-refractivity contribution in [1.29, 1.82) is 0 Å². The maximum Gasteiger partial charge on any atom is 0.270 e. The molecule has 2 aromatic rings. The molecule has 0 fully saturated rings. The largest absolute Gasteiger partial charge is 0.270 e. The van der Waals surface area contributed by atoms with E-state index in [1.54, 1.807) is 12.3 Å². The van der Waals surface area contributed by atoms with E-state index in [2.05, 4.69) is 21.2 Å². The van der Waals surface area contributed by atoms with E-state index in [1.807, 2.05) is 0 Å². The molecule has 6 heteroatoms. The molecule has 0 radical (unpaired) electrons. The van der Waals surface area contributed by atoms with Crippen molar-refractivity contribution >= 4 is 32.7 Å². The molecule has 0 N–H and O–H groups in total. The Morgan fingerprint density at radius 1 is 1.54 bits per heavy atom. The Kier molecular flexibility index (Phi) is 1.77. The normalized spacial score (nSPS) is 10.5. The lowest BCUT2D eigenvalue weighted by Gasteiger charge is -1.88. The van der Waals surface area contributed by atoms with E-state index in [1.165, 1.54) is 15.8 Å². The highest BCUT2D eigenvalue weighted by molar-refractivity contribution is 9.08. The molecule has 0 atom stereocenters. The number of rotatable bonds is 1. The van der Waals surface area contributed by atoms with Gasteiger partial charge in [0, 0.05) is 23.7 Å². The molecule has 0 saturated heterocycles. The molecule has 5 nitrogen and oxygen atoms in total. The number of hydrogen-bond acceptors (Lipinski definition) is 3. The zero-order valence-corrected chi connectivity index (χ0v) is 7.93. The van der Waals surface area contributed by atoms with Crippen LogP contribution in [0.5, 0.6) is 0 Å². The van der Waals surface area contributed by atoms with E-state index in [4.69, 9.17) is 0 Å². The Labute approximate surface area is 81.5 Å². The number of non-ortho nitro benzene ring substituents is 1. The van der Waals surface area contributed by atoms with Crippen LogP contribution in [0.4, 0.5) is 5.69 Å². The summed E-state index contributed by atoms with van der Waals surface area (Å²) in [5.74, 6) is 0. The fraction of sp³-hybridized carbons (Fsp3) is 0. The summed E-state index contributed by atoms with van der Waals surface area (Å²) in [5, 5.41) is 15.2. The Bertz CT molecular complexity index is 480. The van der Waals surface area contributed by atoms with Gasteiger partial charge in [0.05, 0.1) is 26.6 Å². The minimum absolute atomic E-state index is 0.0769. The van der Waals surface area contributed by atoms with Gasteiger partial charge in [-0.2, -0.15) is 5.10 Å². The summed E-state index contributed by atoms with van der Waals surface area (Å²) in [5.41, 5.74) is 0.801. The van der Waals surface area contributed by atoms with E-state index < -0.39 is 4.92 Å². The molecule has 0 spiro atoms. The lowest BCUT2D eigenvalue weighted by atomic mass is 10.2. The van der Waals surface area contributed by atoms with E-state index >= 15 is 0 Å². The van der Waals surface area contributed by atoms with Crippen LogP contribution in [0.15, 0.2) is 24.4 Å². The Hall–Kier alpha value is -1.43. The fourth-order valence-electron chi connectivity index (χ4n) is 1.10. The molecule has 0 aliphatic carbocycles. The third kappa shape index (κ3) is 1.40. The Morgan fingerprint density at radius 2 is 2.31 bits per heavy atom. The molecule has 0 unspecified atom stereocenters. The van der Waals surface area contributed by atoms with Crippen LogP contribution in [0.1, 0.15) is 0 Å². The van der Waals surface area contributed by atoms with Crippen LogP contribution in [0, 0.1) is 10.1 Å². The zero-order valence-electron chi connectivity index (χ0n) is 6.35. The number of aromatic nitrogens is 2. The second kappa shape index (κ2) is 2.81. The average molecular weight is 242 g/mol. The molecular weight excluding hydrogens is 238 g/mol. The van der Waals surface area contributed by atoms with Gasteiger partial charge in [0.15, 0.2) is 0 Å². The summed E-state index contributed by atoms with van der Waals surface area (Å²) in [6.45, 7) is 0. The number of halogens is 1. The minimum atomic E-state index is -0.426. The molecule has 13 heavy (non-hydrogen) atoms. The van der Waals surface area contributed by atoms with Gasteiger partial charge in [0.2, 0.25) is 0 Å². The number of fused-ring (bicyclic) bond motifs is 1. The second-order valence-corrected chi connectivity index (χ2v) is 3.24. The van der Waals surface area contributed by atoms with Crippen molar-refractivity contribution in [2.24, 2.45) is 0 Å². The Balaban J connectivity index is 2.67. The van der Waals surface area contributed by atoms with E-state index in [9.17, 15) is 10.1 Å². The van der Waals surface area contributed by atoms with Gasteiger partial charge in [-0.1, -0.05) is 0 Å². The first-order valence-electron chi connectivity index (χ1n) is 3.47. The van der Waals surface area contributed by atoms with Crippen molar-refractivity contribution in [3.05, 3.63) is 34.5 Å². The third-order valence-electron chi connectivity index (χ3n) is 1.67. The predicted molar refractivity (Wildman–Crippen MR) is 50.7 cm³/mol. The quantitative estimate of drug-likeness (QED) is 0.568. The number of nitro benzene ring substituents is 1. The standard InChI is InChI=1S/C7H4BrN3O2/c8-10-4-5-3-6(11(12)13)1-2-7(5)9-10/h1-4H. The molecular formula is C7H4BrN3O2. The number of benzene rings is 1. The summed E-state index contributed by atoms with van der Waals surface area (Å²) < 4.78 is 1.45. The molecule has 0 aliphatic heterocycles. The molecule has 0 bridgehead atoms. The van der Waals surface area contributed by atoms with Crippen molar-refractivity contribution in [3.8, 4) is 0 Å². The maximum atomic E-state index is 10.4. The van der Waals surface area contributed by atoms with Gasteiger partial charge < -0.3 is 0 Å². The first-order valence-corrected chi connectivity index (χ1v) is 4.18. The van der Waals surface area contributed by atoms with E-state index in [-0.39, 0.29) is 5.69 Å². The van der Waals surface area contributed by atoms with Gasteiger partial charge in [0.25, 0.3) is 5.69 Å². The highest BCUT2D eigenvalue weighted by Crippen LogP contribution is 2.19. The summed E-state index contributed by atoms with van der Waals surface area (Å²) in [6.07, 6.45) is 1.67. The maximum absolute atomic E-state index is 10.4. The molecule has 0 saturated carbocycles. The highest BCUT2D eigenvalue weighted by atomic mass is 79.9. The molecule has 1 aromatic heterocycles. The molecule has 66 valence electrons. The summed E-state index contributed by atoms with van der Waals surface area (Å²) in [4.78, 5) is 9.99. The number of nitro groups is 1. The lowest BCUT2D eigenvalue weighted by Crippen LogP contribution is -1.86. The van der Waals surface area contributed by atoms with Gasteiger partial charge in [-0.05, 0) is 6.07 Å².